The Balaban J connectivity index is 2.31. The van der Waals surface area contributed by atoms with Gasteiger partial charge in [-0.1, -0.05) is 19.3 Å². The van der Waals surface area contributed by atoms with Crippen LogP contribution in [0.4, 0.5) is 0 Å². The molecule has 0 aromatic rings. The predicted octanol–water partition coefficient (Wildman–Crippen LogP) is 2.50. The molecule has 0 heterocycles. The molecule has 1 aliphatic rings. The lowest BCUT2D eigenvalue weighted by molar-refractivity contribution is -0.153. The third kappa shape index (κ3) is 4.12. The van der Waals surface area contributed by atoms with E-state index in [1.807, 2.05) is 20.8 Å². The minimum Gasteiger partial charge on any atom is -0.466 e. The minimum atomic E-state index is -0.409. The predicted molar refractivity (Wildman–Crippen MR) is 65.3 cm³/mol. The lowest BCUT2D eigenvalue weighted by atomic mass is 9.91. The van der Waals surface area contributed by atoms with Crippen LogP contribution in [0.15, 0.2) is 0 Å². The van der Waals surface area contributed by atoms with Crippen LogP contribution in [0.3, 0.4) is 0 Å². The molecule has 0 aromatic heterocycles. The molecule has 3 nitrogen and oxygen atoms in total. The van der Waals surface area contributed by atoms with E-state index in [9.17, 15) is 4.79 Å². The number of carbonyl (C=O) groups is 1. The van der Waals surface area contributed by atoms with E-state index in [1.54, 1.807) is 0 Å². The monoisotopic (exact) mass is 227 g/mol. The van der Waals surface area contributed by atoms with Crippen molar-refractivity contribution >= 4 is 5.97 Å². The van der Waals surface area contributed by atoms with Crippen LogP contribution >= 0.6 is 0 Å². The van der Waals surface area contributed by atoms with Crippen molar-refractivity contribution in [3.8, 4) is 0 Å². The molecule has 0 bridgehead atoms. The number of rotatable bonds is 5. The summed E-state index contributed by atoms with van der Waals surface area (Å²) in [5, 5.41) is 3.50. The first-order chi connectivity index (χ1) is 7.56. The number of esters is 1. The Bertz CT molecular complexity index is 220. The van der Waals surface area contributed by atoms with E-state index in [2.05, 4.69) is 5.32 Å². The largest absolute Gasteiger partial charge is 0.466 e. The van der Waals surface area contributed by atoms with Gasteiger partial charge < -0.3 is 10.1 Å². The van der Waals surface area contributed by atoms with Gasteiger partial charge in [0.2, 0.25) is 0 Å². The van der Waals surface area contributed by atoms with Crippen LogP contribution in [-0.2, 0) is 9.53 Å². The molecule has 0 radical (unpaired) electrons. The van der Waals surface area contributed by atoms with Crippen molar-refractivity contribution in [3.63, 3.8) is 0 Å². The van der Waals surface area contributed by atoms with Gasteiger partial charge in [0.05, 0.1) is 12.0 Å². The summed E-state index contributed by atoms with van der Waals surface area (Å²) in [6.07, 6.45) is 6.49. The van der Waals surface area contributed by atoms with Crippen LogP contribution in [-0.4, -0.2) is 25.2 Å². The second-order valence-corrected chi connectivity index (χ2v) is 5.32. The molecule has 1 saturated carbocycles. The first-order valence-corrected chi connectivity index (χ1v) is 6.47. The molecule has 0 amide bonds. The van der Waals surface area contributed by atoms with Crippen molar-refractivity contribution in [1.82, 2.24) is 5.32 Å². The summed E-state index contributed by atoms with van der Waals surface area (Å²) < 4.78 is 5.07. The molecule has 16 heavy (non-hydrogen) atoms. The van der Waals surface area contributed by atoms with Gasteiger partial charge in [-0.2, -0.15) is 0 Å². The summed E-state index contributed by atoms with van der Waals surface area (Å²) in [6.45, 7) is 6.92. The zero-order valence-corrected chi connectivity index (χ0v) is 10.8. The highest BCUT2D eigenvalue weighted by atomic mass is 16.5. The molecule has 0 atom stereocenters. The summed E-state index contributed by atoms with van der Waals surface area (Å²) in [4.78, 5) is 11.7. The van der Waals surface area contributed by atoms with Crippen LogP contribution in [0.2, 0.25) is 0 Å². The standard InChI is InChI=1S/C13H25NO2/c1-4-16-12(15)13(2,3)10-14-11-8-6-5-7-9-11/h11,14H,4-10H2,1-3H3. The van der Waals surface area contributed by atoms with E-state index in [0.29, 0.717) is 12.6 Å². The van der Waals surface area contributed by atoms with E-state index < -0.39 is 5.41 Å². The highest BCUT2D eigenvalue weighted by Crippen LogP contribution is 2.20. The quantitative estimate of drug-likeness (QED) is 0.733. The van der Waals surface area contributed by atoms with Gasteiger partial charge in [-0.05, 0) is 33.6 Å². The Kier molecular flexibility index (Phi) is 5.26. The Morgan fingerprint density at radius 3 is 2.50 bits per heavy atom. The Morgan fingerprint density at radius 2 is 1.94 bits per heavy atom. The Morgan fingerprint density at radius 1 is 1.31 bits per heavy atom. The number of nitrogens with one attached hydrogen (secondary N) is 1. The van der Waals surface area contributed by atoms with E-state index in [0.717, 1.165) is 6.54 Å². The maximum Gasteiger partial charge on any atom is 0.312 e. The van der Waals surface area contributed by atoms with E-state index in [1.165, 1.54) is 32.1 Å². The second-order valence-electron chi connectivity index (χ2n) is 5.32. The molecule has 1 N–H and O–H groups in total. The van der Waals surface area contributed by atoms with E-state index in [4.69, 9.17) is 4.74 Å². The Hall–Kier alpha value is -0.570. The molecule has 1 fully saturated rings. The van der Waals surface area contributed by atoms with Crippen molar-refractivity contribution in [3.05, 3.63) is 0 Å². The van der Waals surface area contributed by atoms with Crippen molar-refractivity contribution in [2.75, 3.05) is 13.2 Å². The van der Waals surface area contributed by atoms with Gasteiger partial charge in [0, 0.05) is 12.6 Å². The van der Waals surface area contributed by atoms with Gasteiger partial charge in [-0.3, -0.25) is 4.79 Å². The summed E-state index contributed by atoms with van der Waals surface area (Å²) >= 11 is 0. The van der Waals surface area contributed by atoms with Gasteiger partial charge in [0.25, 0.3) is 0 Å². The summed E-state index contributed by atoms with van der Waals surface area (Å²) in [5.74, 6) is -0.0988. The van der Waals surface area contributed by atoms with Gasteiger partial charge in [-0.15, -0.1) is 0 Å². The highest BCUT2D eigenvalue weighted by molar-refractivity contribution is 5.76. The molecule has 1 rings (SSSR count). The van der Waals surface area contributed by atoms with Crippen LogP contribution in [0.25, 0.3) is 0 Å². The molecular formula is C13H25NO2. The fourth-order valence-electron chi connectivity index (χ4n) is 2.10. The summed E-state index contributed by atoms with van der Waals surface area (Å²) in [5.41, 5.74) is -0.409. The zero-order valence-electron chi connectivity index (χ0n) is 10.8. The summed E-state index contributed by atoms with van der Waals surface area (Å²) in [6, 6.07) is 0.599. The molecule has 0 saturated heterocycles. The first-order valence-electron chi connectivity index (χ1n) is 6.47. The van der Waals surface area contributed by atoms with Crippen LogP contribution < -0.4 is 5.32 Å². The van der Waals surface area contributed by atoms with Crippen molar-refractivity contribution in [2.24, 2.45) is 5.41 Å². The molecule has 94 valence electrons. The van der Waals surface area contributed by atoms with Gasteiger partial charge in [0.1, 0.15) is 0 Å². The topological polar surface area (TPSA) is 38.3 Å². The van der Waals surface area contributed by atoms with Crippen molar-refractivity contribution < 1.29 is 9.53 Å². The first kappa shape index (κ1) is 13.5. The molecule has 3 heteroatoms. The molecule has 0 unspecified atom stereocenters. The fraction of sp³-hybridized carbons (Fsp3) is 0.923. The second kappa shape index (κ2) is 6.24. The number of ether oxygens (including phenoxy) is 1. The fourth-order valence-corrected chi connectivity index (χ4v) is 2.10. The van der Waals surface area contributed by atoms with Crippen LogP contribution in [0, 0.1) is 5.41 Å². The smallest absolute Gasteiger partial charge is 0.312 e. The zero-order chi connectivity index (χ0) is 12.0. The van der Waals surface area contributed by atoms with Crippen LogP contribution in [0.1, 0.15) is 52.9 Å². The Labute approximate surface area is 98.9 Å². The number of hydrogen-bond donors (Lipinski definition) is 1. The van der Waals surface area contributed by atoms with E-state index in [-0.39, 0.29) is 5.97 Å². The third-order valence-corrected chi connectivity index (χ3v) is 3.27. The summed E-state index contributed by atoms with van der Waals surface area (Å²) in [7, 11) is 0. The third-order valence-electron chi connectivity index (χ3n) is 3.27. The van der Waals surface area contributed by atoms with Crippen molar-refractivity contribution in [2.45, 2.75) is 58.9 Å². The highest BCUT2D eigenvalue weighted by Gasteiger charge is 2.29. The van der Waals surface area contributed by atoms with E-state index >= 15 is 0 Å². The molecule has 0 aliphatic heterocycles. The lowest BCUT2D eigenvalue weighted by Crippen LogP contribution is -2.42. The maximum absolute atomic E-state index is 11.7. The SMILES string of the molecule is CCOC(=O)C(C)(C)CNC1CCCCC1. The van der Waals surface area contributed by atoms with Gasteiger partial charge >= 0.3 is 5.97 Å². The minimum absolute atomic E-state index is 0.0988. The van der Waals surface area contributed by atoms with Gasteiger partial charge in [0.15, 0.2) is 0 Å². The molecule has 0 spiro atoms. The molecular weight excluding hydrogens is 202 g/mol. The van der Waals surface area contributed by atoms with Crippen molar-refractivity contribution in [1.29, 1.82) is 0 Å². The lowest BCUT2D eigenvalue weighted by Gasteiger charge is -2.28. The molecule has 1 aliphatic carbocycles. The number of hydrogen-bond acceptors (Lipinski definition) is 3. The average molecular weight is 227 g/mol. The normalized spacial score (nSPS) is 18.4. The number of carbonyl (C=O) groups excluding carboxylic acids is 1. The average Bonchev–Trinajstić information content (AvgIpc) is 2.28. The van der Waals surface area contributed by atoms with Crippen LogP contribution in [0.5, 0.6) is 0 Å². The maximum atomic E-state index is 11.7. The van der Waals surface area contributed by atoms with Gasteiger partial charge in [-0.25, -0.2) is 0 Å². The molecule has 0 aromatic carbocycles.